The zero-order valence-electron chi connectivity index (χ0n) is 13.9. The number of ether oxygens (including phenoxy) is 1. The maximum atomic E-state index is 12.0. The fourth-order valence-electron chi connectivity index (χ4n) is 2.27. The van der Waals surface area contributed by atoms with Crippen LogP contribution < -0.4 is 10.1 Å². The van der Waals surface area contributed by atoms with Crippen LogP contribution in [0.2, 0.25) is 5.15 Å². The summed E-state index contributed by atoms with van der Waals surface area (Å²) in [5.74, 6) is 0.460. The normalized spacial score (nSPS) is 10.7. The zero-order chi connectivity index (χ0) is 18.2. The molecule has 0 spiro atoms. The van der Waals surface area contributed by atoms with E-state index in [-0.39, 0.29) is 11.1 Å². The lowest BCUT2D eigenvalue weighted by Gasteiger charge is -2.07. The molecule has 0 unspecified atom stereocenters. The van der Waals surface area contributed by atoms with Gasteiger partial charge in [0.25, 0.3) is 0 Å². The Morgan fingerprint density at radius 3 is 2.73 bits per heavy atom. The van der Waals surface area contributed by atoms with Gasteiger partial charge in [-0.3, -0.25) is 4.79 Å². The number of aromatic nitrogens is 1. The van der Waals surface area contributed by atoms with Crippen LogP contribution in [0.4, 0.5) is 5.69 Å². The number of rotatable bonds is 6. The summed E-state index contributed by atoms with van der Waals surface area (Å²) >= 11 is 5.93. The lowest BCUT2D eigenvalue weighted by atomic mass is 10.2. The Morgan fingerprint density at radius 1 is 1.08 bits per heavy atom. The summed E-state index contributed by atoms with van der Waals surface area (Å²) in [5.41, 5.74) is 2.44. The largest absolute Gasteiger partial charge is 0.489 e. The predicted molar refractivity (Wildman–Crippen MR) is 104 cm³/mol. The molecular weight excluding hydrogens is 348 g/mol. The van der Waals surface area contributed by atoms with Crippen LogP contribution in [0.5, 0.6) is 5.75 Å². The van der Waals surface area contributed by atoms with Crippen molar-refractivity contribution >= 4 is 29.3 Å². The lowest BCUT2D eigenvalue weighted by Crippen LogP contribution is -2.08. The van der Waals surface area contributed by atoms with Crippen LogP contribution in [-0.4, -0.2) is 10.9 Å². The molecule has 2 aromatic carbocycles. The van der Waals surface area contributed by atoms with Crippen molar-refractivity contribution in [3.63, 3.8) is 0 Å². The molecule has 0 bridgehead atoms. The molecule has 0 fully saturated rings. The summed E-state index contributed by atoms with van der Waals surface area (Å²) in [7, 11) is 0. The van der Waals surface area contributed by atoms with E-state index in [1.807, 2.05) is 54.6 Å². The number of hydrogen-bond acceptors (Lipinski definition) is 3. The molecule has 1 heterocycles. The van der Waals surface area contributed by atoms with Crippen LogP contribution in [0.25, 0.3) is 6.08 Å². The second kappa shape index (κ2) is 8.83. The maximum absolute atomic E-state index is 12.0. The zero-order valence-corrected chi connectivity index (χ0v) is 14.7. The third-order valence-electron chi connectivity index (χ3n) is 3.55. The van der Waals surface area contributed by atoms with E-state index in [4.69, 9.17) is 16.3 Å². The molecule has 0 aliphatic rings. The summed E-state index contributed by atoms with van der Waals surface area (Å²) < 4.78 is 5.79. The molecule has 0 radical (unpaired) electrons. The Hall–Kier alpha value is -3.11. The van der Waals surface area contributed by atoms with Gasteiger partial charge in [-0.25, -0.2) is 4.98 Å². The summed E-state index contributed by atoms with van der Waals surface area (Å²) in [5, 5.41) is 2.95. The summed E-state index contributed by atoms with van der Waals surface area (Å²) in [4.78, 5) is 15.9. The number of nitrogens with one attached hydrogen (secondary N) is 1. The Kier molecular flexibility index (Phi) is 6.01. The van der Waals surface area contributed by atoms with Gasteiger partial charge in [-0.1, -0.05) is 54.1 Å². The Labute approximate surface area is 157 Å². The van der Waals surface area contributed by atoms with Gasteiger partial charge in [0.05, 0.1) is 5.69 Å². The minimum atomic E-state index is -0.282. The van der Waals surface area contributed by atoms with Crippen LogP contribution in [0.3, 0.4) is 0 Å². The number of carbonyl (C=O) groups is 1. The molecule has 0 aliphatic heterocycles. The Bertz CT molecular complexity index is 911. The lowest BCUT2D eigenvalue weighted by molar-refractivity contribution is -0.111. The molecule has 1 amide bonds. The first-order valence-electron chi connectivity index (χ1n) is 8.07. The molecule has 4 nitrogen and oxygen atoms in total. The monoisotopic (exact) mass is 364 g/mol. The second-order valence-electron chi connectivity index (χ2n) is 5.51. The quantitative estimate of drug-likeness (QED) is 0.496. The van der Waals surface area contributed by atoms with Gasteiger partial charge in [0, 0.05) is 12.3 Å². The number of nitrogens with zero attached hydrogens (tertiary/aromatic N) is 1. The first-order valence-corrected chi connectivity index (χ1v) is 8.45. The van der Waals surface area contributed by atoms with Gasteiger partial charge in [0.1, 0.15) is 12.4 Å². The van der Waals surface area contributed by atoms with Crippen molar-refractivity contribution < 1.29 is 9.53 Å². The van der Waals surface area contributed by atoms with Gasteiger partial charge < -0.3 is 10.1 Å². The molecule has 0 aliphatic carbocycles. The van der Waals surface area contributed by atoms with Gasteiger partial charge in [0.15, 0.2) is 5.15 Å². The highest BCUT2D eigenvalue weighted by Crippen LogP contribution is 2.18. The van der Waals surface area contributed by atoms with Crippen LogP contribution >= 0.6 is 11.6 Å². The van der Waals surface area contributed by atoms with Gasteiger partial charge >= 0.3 is 0 Å². The molecule has 0 atom stereocenters. The van der Waals surface area contributed by atoms with Crippen molar-refractivity contribution in [1.29, 1.82) is 0 Å². The van der Waals surface area contributed by atoms with E-state index >= 15 is 0 Å². The fraction of sp³-hybridized carbons (Fsp3) is 0.0476. The van der Waals surface area contributed by atoms with Crippen LogP contribution in [0.15, 0.2) is 79.0 Å². The van der Waals surface area contributed by atoms with Crippen LogP contribution in [0.1, 0.15) is 11.1 Å². The number of pyridine rings is 1. The molecule has 0 saturated carbocycles. The number of anilines is 1. The van der Waals surface area contributed by atoms with E-state index in [1.54, 1.807) is 24.4 Å². The van der Waals surface area contributed by atoms with E-state index in [2.05, 4.69) is 10.3 Å². The molecule has 3 rings (SSSR count). The van der Waals surface area contributed by atoms with E-state index in [0.29, 0.717) is 12.3 Å². The van der Waals surface area contributed by atoms with Gasteiger partial charge in [-0.05, 0) is 41.5 Å². The topological polar surface area (TPSA) is 51.2 Å². The third kappa shape index (κ3) is 5.19. The van der Waals surface area contributed by atoms with Crippen molar-refractivity contribution in [2.45, 2.75) is 6.61 Å². The van der Waals surface area contributed by atoms with Crippen LogP contribution in [0, 0.1) is 0 Å². The summed E-state index contributed by atoms with van der Waals surface area (Å²) in [6.45, 7) is 0.494. The van der Waals surface area contributed by atoms with Crippen molar-refractivity contribution in [3.05, 3.63) is 95.3 Å². The number of halogens is 1. The smallest absolute Gasteiger partial charge is 0.248 e. The first-order chi connectivity index (χ1) is 12.7. The van der Waals surface area contributed by atoms with E-state index in [1.165, 1.54) is 6.08 Å². The maximum Gasteiger partial charge on any atom is 0.248 e. The molecule has 26 heavy (non-hydrogen) atoms. The molecule has 0 saturated heterocycles. The minimum absolute atomic E-state index is 0.255. The Morgan fingerprint density at radius 2 is 1.92 bits per heavy atom. The molecule has 1 N–H and O–H groups in total. The fourth-order valence-corrected chi connectivity index (χ4v) is 2.44. The number of hydrogen-bond donors (Lipinski definition) is 1. The van der Waals surface area contributed by atoms with Crippen molar-refractivity contribution in [1.82, 2.24) is 4.98 Å². The predicted octanol–water partition coefficient (Wildman–Crippen LogP) is 4.97. The van der Waals surface area contributed by atoms with Gasteiger partial charge in [0.2, 0.25) is 5.91 Å². The van der Waals surface area contributed by atoms with Crippen LogP contribution in [-0.2, 0) is 11.4 Å². The number of amides is 1. The van der Waals surface area contributed by atoms with E-state index < -0.39 is 0 Å². The number of carbonyl (C=O) groups excluding carboxylic acids is 1. The summed E-state index contributed by atoms with van der Waals surface area (Å²) in [6.07, 6.45) is 4.73. The van der Waals surface area contributed by atoms with Crippen molar-refractivity contribution in [2.24, 2.45) is 0 Å². The second-order valence-corrected chi connectivity index (χ2v) is 5.87. The van der Waals surface area contributed by atoms with Crippen molar-refractivity contribution in [2.75, 3.05) is 5.32 Å². The molecule has 1 aromatic heterocycles. The first kappa shape index (κ1) is 17.7. The van der Waals surface area contributed by atoms with E-state index in [0.717, 1.165) is 16.9 Å². The average Bonchev–Trinajstić information content (AvgIpc) is 2.68. The highest BCUT2D eigenvalue weighted by molar-refractivity contribution is 6.32. The highest BCUT2D eigenvalue weighted by atomic mass is 35.5. The Balaban J connectivity index is 1.60. The molecule has 130 valence electrons. The standard InChI is InChI=1S/C21H17ClN2O2/c22-21-19(10-5-13-23-21)24-20(25)12-11-16-8-4-9-18(14-16)26-15-17-6-2-1-3-7-17/h1-14H,15H2,(H,24,25)/b12-11+. The minimum Gasteiger partial charge on any atom is -0.489 e. The van der Waals surface area contributed by atoms with E-state index in [9.17, 15) is 4.79 Å². The number of benzene rings is 2. The highest BCUT2D eigenvalue weighted by Gasteiger charge is 2.03. The van der Waals surface area contributed by atoms with Gasteiger partial charge in [-0.15, -0.1) is 0 Å². The average molecular weight is 365 g/mol. The third-order valence-corrected chi connectivity index (χ3v) is 3.85. The summed E-state index contributed by atoms with van der Waals surface area (Å²) in [6, 6.07) is 20.9. The van der Waals surface area contributed by atoms with Crippen molar-refractivity contribution in [3.8, 4) is 5.75 Å². The molecule has 3 aromatic rings. The van der Waals surface area contributed by atoms with Gasteiger partial charge in [-0.2, -0.15) is 0 Å². The molecule has 5 heteroatoms. The molecular formula is C21H17ClN2O2. The SMILES string of the molecule is O=C(/C=C/c1cccc(OCc2ccccc2)c1)Nc1cccnc1Cl.